The van der Waals surface area contributed by atoms with E-state index in [4.69, 9.17) is 45.0 Å². The number of pyridine rings is 1. The van der Waals surface area contributed by atoms with Crippen molar-refractivity contribution in [3.63, 3.8) is 0 Å². The number of halogens is 5. The van der Waals surface area contributed by atoms with Crippen molar-refractivity contribution < 1.29 is 55.6 Å². The van der Waals surface area contributed by atoms with Gasteiger partial charge in [0.2, 0.25) is 0 Å². The molecule has 2 fully saturated rings. The molecule has 4 heterocycles. The number of nitriles is 1. The van der Waals surface area contributed by atoms with E-state index < -0.39 is 58.1 Å². The lowest BCUT2D eigenvalue weighted by Gasteiger charge is -2.41. The van der Waals surface area contributed by atoms with Crippen LogP contribution < -0.4 is 24.0 Å². The lowest BCUT2D eigenvalue weighted by molar-refractivity contribution is -0.160. The molecule has 0 spiro atoms. The molecule has 5 aromatic rings. The van der Waals surface area contributed by atoms with E-state index in [-0.39, 0.29) is 97.4 Å². The Hall–Kier alpha value is -6.69. The molecule has 2 aliphatic heterocycles. The minimum Gasteiger partial charge on any atom is -0.497 e. The van der Waals surface area contributed by atoms with Crippen LogP contribution in [-0.2, 0) is 38.3 Å². The number of benzene rings is 3. The van der Waals surface area contributed by atoms with E-state index in [0.29, 0.717) is 37.7 Å². The van der Waals surface area contributed by atoms with Crippen molar-refractivity contribution in [2.24, 2.45) is 5.92 Å². The van der Waals surface area contributed by atoms with Gasteiger partial charge in [-0.3, -0.25) is 4.90 Å². The molecule has 0 saturated carbocycles. The molecule has 0 radical (unpaired) electrons. The maximum atomic E-state index is 17.9. The molecular formula is C56H67ClF4N8O8. The third-order valence-corrected chi connectivity index (χ3v) is 13.3. The number of aryl methyl sites for hydroxylation is 1. The van der Waals surface area contributed by atoms with Gasteiger partial charge in [0, 0.05) is 44.7 Å². The smallest absolute Gasteiger partial charge is 0.418 e. The fourth-order valence-corrected chi connectivity index (χ4v) is 9.65. The van der Waals surface area contributed by atoms with Crippen LogP contribution in [0.15, 0.2) is 60.7 Å². The number of nitrogens with zero attached hydrogens (tertiary/aromatic N) is 8. The SMILES string of the molecule is COc1ccc(CN(Cc2ccc(OC)cc2)c2cc(C)c(C(F)(F)F)c(-c3c(Cl)cc4c(N5CCN(C(=O)OC(C)(C)C)[C@@H](CC#N)C5)nc(OCCN5CCC(COCC(=O)OC(C)(C)C)CC5)nc4c3F)n2)cc1. The molecule has 1 atom stereocenters. The molecule has 16 nitrogen and oxygen atoms in total. The first-order chi connectivity index (χ1) is 36.4. The summed E-state index contributed by atoms with van der Waals surface area (Å²) in [5.74, 6) is 0.0963. The summed E-state index contributed by atoms with van der Waals surface area (Å²) in [4.78, 5) is 46.7. The summed E-state index contributed by atoms with van der Waals surface area (Å²) < 4.78 is 97.9. The van der Waals surface area contributed by atoms with E-state index >= 15 is 17.6 Å². The first-order valence-electron chi connectivity index (χ1n) is 25.5. The number of piperidine rings is 1. The number of anilines is 2. The summed E-state index contributed by atoms with van der Waals surface area (Å²) in [6.45, 7) is 14.7. The van der Waals surface area contributed by atoms with Crippen molar-refractivity contribution in [2.75, 3.05) is 83.1 Å². The van der Waals surface area contributed by atoms with E-state index in [1.807, 2.05) is 24.3 Å². The fraction of sp³-hybridized carbons (Fsp3) is 0.500. The van der Waals surface area contributed by atoms with Crippen LogP contribution in [0.3, 0.4) is 0 Å². The summed E-state index contributed by atoms with van der Waals surface area (Å²) in [5.41, 5.74) is -2.99. The third kappa shape index (κ3) is 15.3. The molecule has 0 unspecified atom stereocenters. The van der Waals surface area contributed by atoms with Gasteiger partial charge in [-0.2, -0.15) is 28.4 Å². The van der Waals surface area contributed by atoms with Crippen molar-refractivity contribution >= 4 is 46.2 Å². The molecule has 21 heteroatoms. The van der Waals surface area contributed by atoms with Crippen LogP contribution in [0.5, 0.6) is 17.5 Å². The van der Waals surface area contributed by atoms with Crippen LogP contribution in [0.4, 0.5) is 34.0 Å². The molecule has 2 saturated heterocycles. The number of hydrogen-bond acceptors (Lipinski definition) is 15. The Balaban J connectivity index is 1.26. The predicted octanol–water partition coefficient (Wildman–Crippen LogP) is 10.8. The summed E-state index contributed by atoms with van der Waals surface area (Å²) in [5, 5.41) is 9.57. The van der Waals surface area contributed by atoms with Crippen LogP contribution in [0.2, 0.25) is 5.02 Å². The molecule has 0 N–H and O–H groups in total. The van der Waals surface area contributed by atoms with E-state index in [1.165, 1.54) is 24.0 Å². The Labute approximate surface area is 452 Å². The number of fused-ring (bicyclic) bond motifs is 1. The van der Waals surface area contributed by atoms with Crippen LogP contribution in [0.1, 0.15) is 83.1 Å². The zero-order valence-corrected chi connectivity index (χ0v) is 45.8. The van der Waals surface area contributed by atoms with Gasteiger partial charge in [0.05, 0.1) is 61.2 Å². The Morgan fingerprint density at radius 2 is 1.45 bits per heavy atom. The first kappa shape index (κ1) is 58.0. The van der Waals surface area contributed by atoms with Gasteiger partial charge >= 0.3 is 24.2 Å². The average molecular weight is 1090 g/mol. The fourth-order valence-electron chi connectivity index (χ4n) is 9.37. The topological polar surface area (TPSA) is 165 Å². The number of methoxy groups -OCH3 is 2. The van der Waals surface area contributed by atoms with E-state index in [0.717, 1.165) is 24.0 Å². The minimum absolute atomic E-state index is 0.0506. The van der Waals surface area contributed by atoms with Crippen LogP contribution >= 0.6 is 11.6 Å². The second-order valence-corrected chi connectivity index (χ2v) is 21.6. The highest BCUT2D eigenvalue weighted by atomic mass is 35.5. The van der Waals surface area contributed by atoms with Crippen molar-refractivity contribution in [1.29, 1.82) is 5.26 Å². The van der Waals surface area contributed by atoms with Crippen molar-refractivity contribution in [1.82, 2.24) is 24.8 Å². The van der Waals surface area contributed by atoms with Gasteiger partial charge in [-0.25, -0.2) is 19.0 Å². The van der Waals surface area contributed by atoms with Gasteiger partial charge in [-0.05, 0) is 133 Å². The lowest BCUT2D eigenvalue weighted by atomic mass is 9.98. The molecule has 0 bridgehead atoms. The lowest BCUT2D eigenvalue weighted by Crippen LogP contribution is -2.56. The number of rotatable bonds is 18. The van der Waals surface area contributed by atoms with Gasteiger partial charge in [0.1, 0.15) is 53.1 Å². The Kier molecular flexibility index (Phi) is 18.6. The largest absolute Gasteiger partial charge is 0.497 e. The number of amides is 1. The van der Waals surface area contributed by atoms with Gasteiger partial charge in [0.25, 0.3) is 0 Å². The normalized spacial score (nSPS) is 15.8. The third-order valence-electron chi connectivity index (χ3n) is 13.0. The number of carbonyl (C=O) groups excluding carboxylic acids is 2. The van der Waals surface area contributed by atoms with Gasteiger partial charge in [-0.15, -0.1) is 0 Å². The minimum atomic E-state index is -5.01. The Morgan fingerprint density at radius 1 is 0.844 bits per heavy atom. The molecule has 2 aromatic heterocycles. The summed E-state index contributed by atoms with van der Waals surface area (Å²) in [6, 6.07) is 18.3. The number of likely N-dealkylation sites (tertiary alicyclic amines) is 1. The van der Waals surface area contributed by atoms with E-state index in [2.05, 4.69) is 20.9 Å². The van der Waals surface area contributed by atoms with E-state index in [9.17, 15) is 14.9 Å². The quantitative estimate of drug-likeness (QED) is 0.0601. The number of aromatic nitrogens is 3. The molecule has 7 rings (SSSR count). The second kappa shape index (κ2) is 24.8. The number of alkyl halides is 3. The van der Waals surface area contributed by atoms with Crippen molar-refractivity contribution in [3.05, 3.63) is 93.8 Å². The number of esters is 1. The molecule has 0 aliphatic carbocycles. The zero-order chi connectivity index (χ0) is 55.8. The van der Waals surface area contributed by atoms with E-state index in [1.54, 1.807) is 89.8 Å². The maximum absolute atomic E-state index is 17.9. The van der Waals surface area contributed by atoms with Crippen LogP contribution in [-0.4, -0.2) is 127 Å². The monoisotopic (exact) mass is 1090 g/mol. The second-order valence-electron chi connectivity index (χ2n) is 21.2. The standard InChI is InChI=1S/C56H67ClF4N8O8/c1-35-28-44(68(30-36-10-14-40(72-8)15-11-36)31-37-12-16-41(73-9)17-13-37)63-50(47(35)56(59,60)61)46-43(57)29-42-49(48(46)58)64-52(65-51(42)67-24-25-69(39(32-67)18-21-62)53(71)77-55(5,6)7)75-27-26-66-22-19-38(20-23-66)33-74-34-45(70)76-54(2,3)4/h10-17,28-29,38-39H,18-20,22-27,30-34H2,1-9H3/t39-/m0/s1. The highest BCUT2D eigenvalue weighted by Gasteiger charge is 2.40. The Morgan fingerprint density at radius 3 is 2.01 bits per heavy atom. The van der Waals surface area contributed by atoms with Gasteiger partial charge < -0.3 is 43.1 Å². The summed E-state index contributed by atoms with van der Waals surface area (Å²) >= 11 is 7.03. The molecular weight excluding hydrogens is 1020 g/mol. The number of piperazine rings is 1. The highest BCUT2D eigenvalue weighted by molar-refractivity contribution is 6.34. The molecule has 414 valence electrons. The highest BCUT2D eigenvalue weighted by Crippen LogP contribution is 2.46. The number of ether oxygens (including phenoxy) is 6. The first-order valence-corrected chi connectivity index (χ1v) is 25.9. The number of carbonyl (C=O) groups is 2. The molecule has 3 aromatic carbocycles. The van der Waals surface area contributed by atoms with Crippen molar-refractivity contribution in [3.8, 4) is 34.8 Å². The summed E-state index contributed by atoms with van der Waals surface area (Å²) in [7, 11) is 3.09. The van der Waals surface area contributed by atoms with Gasteiger partial charge in [0.15, 0.2) is 5.82 Å². The zero-order valence-electron chi connectivity index (χ0n) is 45.1. The molecule has 1 amide bonds. The predicted molar refractivity (Wildman–Crippen MR) is 284 cm³/mol. The summed E-state index contributed by atoms with van der Waals surface area (Å²) in [6.07, 6.45) is -4.10. The van der Waals surface area contributed by atoms with Gasteiger partial charge in [-0.1, -0.05) is 35.9 Å². The molecule has 77 heavy (non-hydrogen) atoms. The average Bonchev–Trinajstić information content (AvgIpc) is 3.35. The van der Waals surface area contributed by atoms with Crippen LogP contribution in [0, 0.1) is 30.0 Å². The van der Waals surface area contributed by atoms with Crippen LogP contribution in [0.25, 0.3) is 22.2 Å². The Bertz CT molecular complexity index is 2850. The molecule has 2 aliphatic rings. The number of hydrogen-bond donors (Lipinski definition) is 0. The van der Waals surface area contributed by atoms with Crippen molar-refractivity contribution in [2.45, 2.75) is 104 Å². The maximum Gasteiger partial charge on any atom is 0.418 e.